The largest absolute Gasteiger partial charge is 0.756 e. The average molecular weight is 1120 g/mol. The van der Waals surface area contributed by atoms with Crippen LogP contribution in [0.25, 0.3) is 0 Å². The van der Waals surface area contributed by atoms with Gasteiger partial charge in [-0.1, -0.05) is 320 Å². The fraction of sp³-hybridized carbons (Fsp3) is 0.899. The van der Waals surface area contributed by atoms with Gasteiger partial charge in [-0.25, -0.2) is 0 Å². The van der Waals surface area contributed by atoms with E-state index in [2.05, 4.69) is 43.5 Å². The van der Waals surface area contributed by atoms with E-state index in [1.54, 1.807) is 6.08 Å². The van der Waals surface area contributed by atoms with Gasteiger partial charge in [0.25, 0.3) is 7.82 Å². The third-order valence-corrected chi connectivity index (χ3v) is 16.8. The first kappa shape index (κ1) is 76.7. The van der Waals surface area contributed by atoms with Crippen LogP contribution in [-0.2, 0) is 18.4 Å². The number of phosphoric acid groups is 1. The molecule has 0 aromatic carbocycles. The van der Waals surface area contributed by atoms with Gasteiger partial charge in [0, 0.05) is 6.42 Å². The summed E-state index contributed by atoms with van der Waals surface area (Å²) in [4.78, 5) is 25.5. The predicted molar refractivity (Wildman–Crippen MR) is 339 cm³/mol. The average Bonchev–Trinajstić information content (AvgIpc) is 3.41. The third-order valence-electron chi connectivity index (χ3n) is 15.8. The van der Waals surface area contributed by atoms with Gasteiger partial charge in [0.15, 0.2) is 0 Å². The number of hydrogen-bond donors (Lipinski definition) is 2. The maximum atomic E-state index is 13.0. The van der Waals surface area contributed by atoms with Crippen molar-refractivity contribution >= 4 is 13.7 Å². The number of phosphoric ester groups is 1. The van der Waals surface area contributed by atoms with E-state index in [1.165, 1.54) is 289 Å². The van der Waals surface area contributed by atoms with Gasteiger partial charge in [-0.05, 0) is 57.8 Å². The molecule has 2 N–H and O–H groups in total. The Hall–Kier alpha value is -1.28. The molecule has 3 unspecified atom stereocenters. The molecule has 0 aliphatic rings. The molecule has 0 saturated carbocycles. The molecule has 0 aliphatic carbocycles. The van der Waals surface area contributed by atoms with Crippen LogP contribution in [0.3, 0.4) is 0 Å². The highest BCUT2D eigenvalue weighted by molar-refractivity contribution is 7.45. The van der Waals surface area contributed by atoms with Gasteiger partial charge >= 0.3 is 0 Å². The molecular weight excluding hydrogens is 984 g/mol. The van der Waals surface area contributed by atoms with Crippen molar-refractivity contribution in [2.45, 2.75) is 360 Å². The number of nitrogens with one attached hydrogen (secondary N) is 1. The first-order chi connectivity index (χ1) is 38.0. The van der Waals surface area contributed by atoms with Crippen molar-refractivity contribution in [1.82, 2.24) is 5.32 Å². The fourth-order valence-corrected chi connectivity index (χ4v) is 11.2. The zero-order chi connectivity index (χ0) is 57.0. The number of aliphatic hydroxyl groups is 1. The molecule has 0 radical (unpaired) electrons. The Morgan fingerprint density at radius 1 is 0.436 bits per heavy atom. The number of quaternary nitrogens is 1. The second-order valence-electron chi connectivity index (χ2n) is 24.9. The molecule has 0 fully saturated rings. The summed E-state index contributed by atoms with van der Waals surface area (Å²) in [6.45, 7) is 4.66. The van der Waals surface area contributed by atoms with Crippen LogP contribution in [0.15, 0.2) is 36.5 Å². The summed E-state index contributed by atoms with van der Waals surface area (Å²) >= 11 is 0. The second kappa shape index (κ2) is 60.3. The van der Waals surface area contributed by atoms with Crippen LogP contribution in [0.2, 0.25) is 0 Å². The number of unbranched alkanes of at least 4 members (excludes halogenated alkanes) is 47. The van der Waals surface area contributed by atoms with Gasteiger partial charge in [-0.2, -0.15) is 0 Å². The molecule has 78 heavy (non-hydrogen) atoms. The van der Waals surface area contributed by atoms with E-state index in [9.17, 15) is 19.4 Å². The van der Waals surface area contributed by atoms with E-state index in [-0.39, 0.29) is 19.1 Å². The Balaban J connectivity index is 3.85. The Labute approximate surface area is 487 Å². The summed E-state index contributed by atoms with van der Waals surface area (Å²) < 4.78 is 23.4. The van der Waals surface area contributed by atoms with Crippen molar-refractivity contribution in [3.05, 3.63) is 36.5 Å². The van der Waals surface area contributed by atoms with Gasteiger partial charge in [-0.15, -0.1) is 0 Å². The first-order valence-corrected chi connectivity index (χ1v) is 35.8. The molecule has 8 nitrogen and oxygen atoms in total. The van der Waals surface area contributed by atoms with Crippen LogP contribution in [0.1, 0.15) is 348 Å². The summed E-state index contributed by atoms with van der Waals surface area (Å²) in [5, 5.41) is 13.9. The van der Waals surface area contributed by atoms with E-state index < -0.39 is 20.0 Å². The molecule has 9 heteroatoms. The minimum absolute atomic E-state index is 0.00437. The molecule has 0 bridgehead atoms. The number of rotatable bonds is 64. The van der Waals surface area contributed by atoms with Gasteiger partial charge in [0.2, 0.25) is 5.91 Å². The molecular formula is C69H135N2O6P. The van der Waals surface area contributed by atoms with Crippen LogP contribution < -0.4 is 10.2 Å². The minimum atomic E-state index is -4.60. The van der Waals surface area contributed by atoms with Crippen LogP contribution in [0, 0.1) is 0 Å². The quantitative estimate of drug-likeness (QED) is 0.0272. The number of hydrogen-bond acceptors (Lipinski definition) is 6. The van der Waals surface area contributed by atoms with Crippen LogP contribution in [0.4, 0.5) is 0 Å². The van der Waals surface area contributed by atoms with Crippen LogP contribution in [-0.4, -0.2) is 68.5 Å². The lowest BCUT2D eigenvalue weighted by molar-refractivity contribution is -0.870. The maximum absolute atomic E-state index is 13.0. The van der Waals surface area contributed by atoms with Crippen molar-refractivity contribution < 1.29 is 32.9 Å². The maximum Gasteiger partial charge on any atom is 0.268 e. The highest BCUT2D eigenvalue weighted by Gasteiger charge is 2.23. The number of aliphatic hydroxyl groups excluding tert-OH is 1. The molecule has 0 rings (SSSR count). The van der Waals surface area contributed by atoms with E-state index in [0.717, 1.165) is 38.5 Å². The minimum Gasteiger partial charge on any atom is -0.756 e. The fourth-order valence-electron chi connectivity index (χ4n) is 10.5. The Morgan fingerprint density at radius 2 is 0.718 bits per heavy atom. The van der Waals surface area contributed by atoms with E-state index in [1.807, 2.05) is 27.2 Å². The highest BCUT2D eigenvalue weighted by atomic mass is 31.2. The smallest absolute Gasteiger partial charge is 0.268 e. The van der Waals surface area contributed by atoms with E-state index >= 15 is 0 Å². The van der Waals surface area contributed by atoms with Gasteiger partial charge in [-0.3, -0.25) is 9.36 Å². The SMILES string of the molecule is CCCCCCCCCC/C=C\CCCCCCCCCCCCCCCCCCCCCCCCCCCCCCCC(=O)NC(COP(=O)([O-])OCC[N+](C)(C)C)C(O)/C=C/CC/C=C/CCCCCCCCCCC. The summed E-state index contributed by atoms with van der Waals surface area (Å²) in [5.74, 6) is -0.201. The predicted octanol–water partition coefficient (Wildman–Crippen LogP) is 21.0. The van der Waals surface area contributed by atoms with Crippen molar-refractivity contribution in [3.8, 4) is 0 Å². The van der Waals surface area contributed by atoms with E-state index in [4.69, 9.17) is 9.05 Å². The van der Waals surface area contributed by atoms with Gasteiger partial charge < -0.3 is 28.8 Å². The van der Waals surface area contributed by atoms with Crippen molar-refractivity contribution in [3.63, 3.8) is 0 Å². The lowest BCUT2D eigenvalue weighted by Crippen LogP contribution is -2.45. The topological polar surface area (TPSA) is 108 Å². The number of carbonyl (C=O) groups is 1. The monoisotopic (exact) mass is 1120 g/mol. The van der Waals surface area contributed by atoms with E-state index in [0.29, 0.717) is 17.4 Å². The second-order valence-corrected chi connectivity index (χ2v) is 26.3. The number of allylic oxidation sites excluding steroid dienone is 5. The summed E-state index contributed by atoms with van der Waals surface area (Å²) in [6.07, 6.45) is 80.1. The molecule has 0 aromatic rings. The standard InChI is InChI=1S/C69H135N2O6P/c1-6-8-10-12-14-16-18-20-22-23-24-25-26-27-28-29-30-31-32-33-34-35-36-37-38-39-40-41-42-43-44-45-46-47-49-51-53-55-57-59-61-63-69(73)70-67(66-77-78(74,75)76-65-64-71(3,4)5)68(72)62-60-58-56-54-52-50-48-21-19-17-15-13-11-9-7-2/h23-24,52,54,60,62,67-68,72H,6-22,25-51,53,55-59,61,63-66H2,1-5H3,(H-,70,73,74,75)/b24-23-,54-52+,62-60+. The summed E-state index contributed by atoms with van der Waals surface area (Å²) in [6, 6.07) is -0.901. The summed E-state index contributed by atoms with van der Waals surface area (Å²) in [7, 11) is 1.26. The Morgan fingerprint density at radius 3 is 1.04 bits per heavy atom. The van der Waals surface area contributed by atoms with Gasteiger partial charge in [0.1, 0.15) is 13.2 Å². The molecule has 0 saturated heterocycles. The molecule has 1 amide bonds. The highest BCUT2D eigenvalue weighted by Crippen LogP contribution is 2.38. The Bertz CT molecular complexity index is 1360. The molecule has 462 valence electrons. The lowest BCUT2D eigenvalue weighted by atomic mass is 10.0. The lowest BCUT2D eigenvalue weighted by Gasteiger charge is -2.29. The molecule has 0 heterocycles. The van der Waals surface area contributed by atoms with Crippen molar-refractivity contribution in [1.29, 1.82) is 0 Å². The number of amides is 1. The molecule has 3 atom stereocenters. The normalized spacial score (nSPS) is 13.9. The number of nitrogens with zero attached hydrogens (tertiary/aromatic N) is 1. The zero-order valence-corrected chi connectivity index (χ0v) is 53.8. The van der Waals surface area contributed by atoms with Crippen molar-refractivity contribution in [2.24, 2.45) is 0 Å². The van der Waals surface area contributed by atoms with Crippen LogP contribution in [0.5, 0.6) is 0 Å². The number of carbonyl (C=O) groups excluding carboxylic acids is 1. The summed E-state index contributed by atoms with van der Waals surface area (Å²) in [5.41, 5.74) is 0. The number of likely N-dealkylation sites (N-methyl/N-ethyl adjacent to an activating group) is 1. The first-order valence-electron chi connectivity index (χ1n) is 34.4. The van der Waals surface area contributed by atoms with Gasteiger partial charge in [0.05, 0.1) is 39.9 Å². The molecule has 0 aromatic heterocycles. The van der Waals surface area contributed by atoms with Crippen molar-refractivity contribution in [2.75, 3.05) is 40.9 Å². The van der Waals surface area contributed by atoms with Crippen LogP contribution >= 0.6 is 7.82 Å². The molecule has 0 aliphatic heterocycles. The third kappa shape index (κ3) is 62.3. The zero-order valence-electron chi connectivity index (χ0n) is 52.9. The molecule has 0 spiro atoms. The Kier molecular flexibility index (Phi) is 59.3.